The van der Waals surface area contributed by atoms with Crippen molar-refractivity contribution in [3.8, 4) is 0 Å². The van der Waals surface area contributed by atoms with E-state index < -0.39 is 0 Å². The zero-order valence-electron chi connectivity index (χ0n) is 10.4. The molecule has 2 heteroatoms. The van der Waals surface area contributed by atoms with E-state index in [-0.39, 0.29) is 18.0 Å². The third-order valence-corrected chi connectivity index (χ3v) is 2.38. The van der Waals surface area contributed by atoms with Crippen molar-refractivity contribution in [2.75, 3.05) is 0 Å². The molecule has 0 fully saturated rings. The lowest BCUT2D eigenvalue weighted by Crippen LogP contribution is -2.09. The Hall–Kier alpha value is -2.22. The molecule has 0 spiro atoms. The minimum absolute atomic E-state index is 0.117. The van der Waals surface area contributed by atoms with Crippen molar-refractivity contribution < 1.29 is 9.59 Å². The summed E-state index contributed by atoms with van der Waals surface area (Å²) in [6, 6.07) is 8.82. The number of hydrogen-bond donors (Lipinski definition) is 0. The second-order valence-corrected chi connectivity index (χ2v) is 3.75. The predicted molar refractivity (Wildman–Crippen MR) is 73.5 cm³/mol. The molecular formula is C16H16O2. The largest absolute Gasteiger partial charge is 0.294 e. The van der Waals surface area contributed by atoms with Gasteiger partial charge in [-0.25, -0.2) is 0 Å². The highest BCUT2D eigenvalue weighted by Crippen LogP contribution is 2.08. The SMILES string of the molecule is C=C/C=C(\C=C/C)C(=O)CC(=O)c1ccccc1. The topological polar surface area (TPSA) is 34.1 Å². The first-order valence-electron chi connectivity index (χ1n) is 5.76. The van der Waals surface area contributed by atoms with Crippen LogP contribution in [0, 0.1) is 0 Å². The first-order valence-corrected chi connectivity index (χ1v) is 5.76. The molecule has 1 rings (SSSR count). The maximum Gasteiger partial charge on any atom is 0.170 e. The molecule has 0 unspecified atom stereocenters. The van der Waals surface area contributed by atoms with Gasteiger partial charge in [-0.2, -0.15) is 0 Å². The molecule has 0 aliphatic rings. The van der Waals surface area contributed by atoms with E-state index in [0.29, 0.717) is 11.1 Å². The number of allylic oxidation sites excluding steroid dienone is 5. The summed E-state index contributed by atoms with van der Waals surface area (Å²) in [5, 5.41) is 0. The summed E-state index contributed by atoms with van der Waals surface area (Å²) < 4.78 is 0. The summed E-state index contributed by atoms with van der Waals surface area (Å²) in [5.41, 5.74) is 1.06. The third kappa shape index (κ3) is 3.98. The fourth-order valence-electron chi connectivity index (χ4n) is 1.52. The van der Waals surface area contributed by atoms with Crippen molar-refractivity contribution in [3.05, 3.63) is 72.4 Å². The second-order valence-electron chi connectivity index (χ2n) is 3.75. The fraction of sp³-hybridized carbons (Fsp3) is 0.125. The molecule has 0 aliphatic heterocycles. The van der Waals surface area contributed by atoms with Crippen LogP contribution in [0.25, 0.3) is 0 Å². The first kappa shape index (κ1) is 13.8. The van der Waals surface area contributed by atoms with E-state index in [1.807, 2.05) is 13.0 Å². The first-order chi connectivity index (χ1) is 8.69. The van der Waals surface area contributed by atoms with Gasteiger partial charge in [0.05, 0.1) is 6.42 Å². The van der Waals surface area contributed by atoms with Gasteiger partial charge in [0.2, 0.25) is 0 Å². The molecule has 1 aromatic rings. The van der Waals surface area contributed by atoms with Gasteiger partial charge in [0.1, 0.15) is 0 Å². The Morgan fingerprint density at radius 2 is 1.89 bits per heavy atom. The van der Waals surface area contributed by atoms with Crippen molar-refractivity contribution in [3.63, 3.8) is 0 Å². The van der Waals surface area contributed by atoms with E-state index in [2.05, 4.69) is 6.58 Å². The lowest BCUT2D eigenvalue weighted by Gasteiger charge is -2.01. The second kappa shape index (κ2) is 7.17. The molecule has 0 aromatic heterocycles. The van der Waals surface area contributed by atoms with Crippen LogP contribution in [0.4, 0.5) is 0 Å². The summed E-state index contributed by atoms with van der Waals surface area (Å²) in [4.78, 5) is 23.8. The van der Waals surface area contributed by atoms with Gasteiger partial charge in [-0.15, -0.1) is 0 Å². The van der Waals surface area contributed by atoms with Crippen molar-refractivity contribution in [1.82, 2.24) is 0 Å². The van der Waals surface area contributed by atoms with Crippen molar-refractivity contribution >= 4 is 11.6 Å². The Balaban J connectivity index is 2.79. The van der Waals surface area contributed by atoms with E-state index in [4.69, 9.17) is 0 Å². The number of hydrogen-bond acceptors (Lipinski definition) is 2. The number of carbonyl (C=O) groups is 2. The molecule has 0 bridgehead atoms. The van der Waals surface area contributed by atoms with Gasteiger partial charge >= 0.3 is 0 Å². The summed E-state index contributed by atoms with van der Waals surface area (Å²) in [6.45, 7) is 5.38. The molecule has 0 atom stereocenters. The van der Waals surface area contributed by atoms with Gasteiger partial charge in [-0.3, -0.25) is 9.59 Å². The van der Waals surface area contributed by atoms with Crippen molar-refractivity contribution in [1.29, 1.82) is 0 Å². The summed E-state index contributed by atoms with van der Waals surface area (Å²) in [5.74, 6) is -0.359. The van der Waals surface area contributed by atoms with Crippen LogP contribution in [-0.4, -0.2) is 11.6 Å². The normalized spacial score (nSPS) is 11.5. The van der Waals surface area contributed by atoms with E-state index in [1.165, 1.54) is 0 Å². The Bertz CT molecular complexity index is 493. The number of rotatable bonds is 6. The molecule has 2 nitrogen and oxygen atoms in total. The molecule has 0 aliphatic carbocycles. The summed E-state index contributed by atoms with van der Waals surface area (Å²) in [7, 11) is 0. The van der Waals surface area contributed by atoms with Gasteiger partial charge < -0.3 is 0 Å². The number of carbonyl (C=O) groups excluding carboxylic acids is 2. The van der Waals surface area contributed by atoms with Gasteiger partial charge in [0, 0.05) is 11.1 Å². The van der Waals surface area contributed by atoms with Crippen LogP contribution in [0.3, 0.4) is 0 Å². The zero-order valence-corrected chi connectivity index (χ0v) is 10.4. The van der Waals surface area contributed by atoms with Crippen molar-refractivity contribution in [2.24, 2.45) is 0 Å². The highest BCUT2D eigenvalue weighted by atomic mass is 16.1. The number of ketones is 2. The summed E-state index contributed by atoms with van der Waals surface area (Å²) >= 11 is 0. The molecule has 0 amide bonds. The number of Topliss-reactive ketones (excluding diaryl/α,β-unsaturated/α-hetero) is 2. The Morgan fingerprint density at radius 1 is 1.22 bits per heavy atom. The minimum atomic E-state index is -0.193. The zero-order chi connectivity index (χ0) is 13.4. The molecule has 0 saturated heterocycles. The van der Waals surface area contributed by atoms with Crippen LogP contribution in [0.5, 0.6) is 0 Å². The van der Waals surface area contributed by atoms with Crippen LogP contribution < -0.4 is 0 Å². The highest BCUT2D eigenvalue weighted by molar-refractivity contribution is 6.14. The highest BCUT2D eigenvalue weighted by Gasteiger charge is 2.13. The van der Waals surface area contributed by atoms with E-state index in [0.717, 1.165) is 0 Å². The molecule has 0 radical (unpaired) electrons. The minimum Gasteiger partial charge on any atom is -0.294 e. The molecule has 0 heterocycles. The molecule has 18 heavy (non-hydrogen) atoms. The Labute approximate surface area is 107 Å². The smallest absolute Gasteiger partial charge is 0.170 e. The Kier molecular flexibility index (Phi) is 5.52. The van der Waals surface area contributed by atoms with Crippen LogP contribution in [0.15, 0.2) is 66.8 Å². The maximum atomic E-state index is 11.9. The van der Waals surface area contributed by atoms with E-state index >= 15 is 0 Å². The average Bonchev–Trinajstić information content (AvgIpc) is 2.39. The van der Waals surface area contributed by atoms with E-state index in [9.17, 15) is 9.59 Å². The third-order valence-electron chi connectivity index (χ3n) is 2.38. The molecule has 92 valence electrons. The molecule has 0 N–H and O–H groups in total. The van der Waals surface area contributed by atoms with Gasteiger partial charge in [0.25, 0.3) is 0 Å². The lowest BCUT2D eigenvalue weighted by molar-refractivity contribution is -0.114. The monoisotopic (exact) mass is 240 g/mol. The number of benzene rings is 1. The van der Waals surface area contributed by atoms with Gasteiger partial charge in [0.15, 0.2) is 11.6 Å². The van der Waals surface area contributed by atoms with Crippen LogP contribution >= 0.6 is 0 Å². The van der Waals surface area contributed by atoms with Crippen LogP contribution in [0.2, 0.25) is 0 Å². The predicted octanol–water partition coefficient (Wildman–Crippen LogP) is 3.52. The standard InChI is InChI=1S/C16H16O2/c1-3-8-13(9-4-2)15(17)12-16(18)14-10-6-5-7-11-14/h3-11H,1,12H2,2H3/b9-4-,13-8+. The molecule has 1 aromatic carbocycles. The quantitative estimate of drug-likeness (QED) is 0.330. The van der Waals surface area contributed by atoms with Crippen molar-refractivity contribution in [2.45, 2.75) is 13.3 Å². The fourth-order valence-corrected chi connectivity index (χ4v) is 1.52. The van der Waals surface area contributed by atoms with Gasteiger partial charge in [-0.05, 0) is 6.92 Å². The Morgan fingerprint density at radius 3 is 2.44 bits per heavy atom. The summed E-state index contributed by atoms with van der Waals surface area (Å²) in [6.07, 6.45) is 6.48. The maximum absolute atomic E-state index is 11.9. The molecule has 0 saturated carbocycles. The van der Waals surface area contributed by atoms with Gasteiger partial charge in [-0.1, -0.05) is 61.2 Å². The van der Waals surface area contributed by atoms with Crippen LogP contribution in [-0.2, 0) is 4.79 Å². The van der Waals surface area contributed by atoms with E-state index in [1.54, 1.807) is 48.6 Å². The lowest BCUT2D eigenvalue weighted by atomic mass is 10.0. The van der Waals surface area contributed by atoms with Crippen LogP contribution in [0.1, 0.15) is 23.7 Å². The molecular weight excluding hydrogens is 224 g/mol. The average molecular weight is 240 g/mol.